The van der Waals surface area contributed by atoms with Crippen molar-refractivity contribution in [3.05, 3.63) is 16.1 Å². The van der Waals surface area contributed by atoms with Gasteiger partial charge in [0.15, 0.2) is 0 Å². The number of aliphatic carboxylic acids is 1. The van der Waals surface area contributed by atoms with Crippen LogP contribution in [0.4, 0.5) is 0 Å². The molecule has 0 unspecified atom stereocenters. The van der Waals surface area contributed by atoms with Crippen molar-refractivity contribution in [1.29, 1.82) is 0 Å². The van der Waals surface area contributed by atoms with Gasteiger partial charge in [-0.2, -0.15) is 0 Å². The highest BCUT2D eigenvalue weighted by atomic mass is 32.1. The van der Waals surface area contributed by atoms with Crippen molar-refractivity contribution in [3.63, 3.8) is 0 Å². The fourth-order valence-corrected chi connectivity index (χ4v) is 2.85. The summed E-state index contributed by atoms with van der Waals surface area (Å²) in [6.07, 6.45) is 3.19. The summed E-state index contributed by atoms with van der Waals surface area (Å²) in [5.74, 6) is -0.220. The lowest BCUT2D eigenvalue weighted by atomic mass is 9.82. The minimum Gasteiger partial charge on any atom is -0.481 e. The first-order valence-corrected chi connectivity index (χ1v) is 7.65. The van der Waals surface area contributed by atoms with Gasteiger partial charge in [-0.3, -0.25) is 4.79 Å². The second-order valence-corrected chi connectivity index (χ2v) is 6.35. The number of nitrogens with one attached hydrogen (secondary N) is 1. The number of carbonyl (C=O) groups is 1. The monoisotopic (exact) mass is 284 g/mol. The van der Waals surface area contributed by atoms with Crippen molar-refractivity contribution < 1.29 is 9.90 Å². The number of hydrogen-bond acceptors (Lipinski definition) is 4. The lowest BCUT2D eigenvalue weighted by Gasteiger charge is -2.26. The Balaban J connectivity index is 2.54. The van der Waals surface area contributed by atoms with Crippen LogP contribution in [0.2, 0.25) is 0 Å². The van der Waals surface area contributed by atoms with Crippen LogP contribution in [-0.2, 0) is 11.3 Å². The maximum atomic E-state index is 11.4. The van der Waals surface area contributed by atoms with Gasteiger partial charge in [-0.25, -0.2) is 4.98 Å². The van der Waals surface area contributed by atoms with Crippen LogP contribution in [0.3, 0.4) is 0 Å². The zero-order valence-electron chi connectivity index (χ0n) is 12.2. The van der Waals surface area contributed by atoms with Gasteiger partial charge in [-0.05, 0) is 18.8 Å². The van der Waals surface area contributed by atoms with Gasteiger partial charge in [0, 0.05) is 24.2 Å². The van der Waals surface area contributed by atoms with Gasteiger partial charge >= 0.3 is 5.97 Å². The van der Waals surface area contributed by atoms with Gasteiger partial charge in [-0.1, -0.05) is 27.7 Å². The maximum Gasteiger partial charge on any atom is 0.310 e. The molecule has 1 heterocycles. The second-order valence-electron chi connectivity index (χ2n) is 5.21. The van der Waals surface area contributed by atoms with E-state index in [1.807, 2.05) is 20.0 Å². The quantitative estimate of drug-likeness (QED) is 0.769. The fraction of sp³-hybridized carbons (Fsp3) is 0.714. The average molecular weight is 284 g/mol. The summed E-state index contributed by atoms with van der Waals surface area (Å²) >= 11 is 1.69. The Bertz CT molecular complexity index is 411. The molecule has 0 aliphatic rings. The van der Waals surface area contributed by atoms with Crippen LogP contribution in [0.5, 0.6) is 0 Å². The van der Waals surface area contributed by atoms with Crippen molar-refractivity contribution in [2.24, 2.45) is 5.41 Å². The molecule has 108 valence electrons. The number of hydrogen-bond donors (Lipinski definition) is 2. The molecular formula is C14H24N2O2S. The maximum absolute atomic E-state index is 11.4. The van der Waals surface area contributed by atoms with Crippen molar-refractivity contribution in [1.82, 2.24) is 10.3 Å². The highest BCUT2D eigenvalue weighted by molar-refractivity contribution is 7.11. The number of rotatable bonds is 8. The topological polar surface area (TPSA) is 62.2 Å². The normalized spacial score (nSPS) is 12.1. The van der Waals surface area contributed by atoms with Crippen LogP contribution in [0.15, 0.2) is 6.20 Å². The van der Waals surface area contributed by atoms with E-state index in [0.29, 0.717) is 31.8 Å². The predicted octanol–water partition coefficient (Wildman–Crippen LogP) is 3.25. The molecule has 19 heavy (non-hydrogen) atoms. The third-order valence-corrected chi connectivity index (χ3v) is 4.99. The van der Waals surface area contributed by atoms with Crippen LogP contribution in [0.1, 0.15) is 56.3 Å². The first-order valence-electron chi connectivity index (χ1n) is 6.84. The molecule has 0 radical (unpaired) electrons. The van der Waals surface area contributed by atoms with Crippen molar-refractivity contribution in [2.45, 2.75) is 53.0 Å². The summed E-state index contributed by atoms with van der Waals surface area (Å²) in [6, 6.07) is 0. The van der Waals surface area contributed by atoms with Gasteiger partial charge in [0.05, 0.1) is 5.41 Å². The fourth-order valence-electron chi connectivity index (χ4n) is 1.96. The Labute approximate surface area is 119 Å². The summed E-state index contributed by atoms with van der Waals surface area (Å²) < 4.78 is 0. The third kappa shape index (κ3) is 4.01. The molecule has 1 aromatic rings. The molecule has 0 aliphatic carbocycles. The van der Waals surface area contributed by atoms with E-state index in [0.717, 1.165) is 5.01 Å². The predicted molar refractivity (Wildman–Crippen MR) is 78.6 cm³/mol. The summed E-state index contributed by atoms with van der Waals surface area (Å²) in [5.41, 5.74) is -0.655. The lowest BCUT2D eigenvalue weighted by Crippen LogP contribution is -2.39. The zero-order valence-corrected chi connectivity index (χ0v) is 13.0. The molecule has 0 saturated carbocycles. The van der Waals surface area contributed by atoms with Crippen molar-refractivity contribution >= 4 is 17.3 Å². The number of aromatic nitrogens is 1. The Morgan fingerprint density at radius 2 is 2.11 bits per heavy atom. The second kappa shape index (κ2) is 7.01. The molecule has 4 nitrogen and oxygen atoms in total. The van der Waals surface area contributed by atoms with E-state index in [2.05, 4.69) is 24.1 Å². The molecule has 0 bridgehead atoms. The van der Waals surface area contributed by atoms with E-state index in [4.69, 9.17) is 0 Å². The highest BCUT2D eigenvalue weighted by Gasteiger charge is 2.34. The van der Waals surface area contributed by atoms with Gasteiger partial charge in [0.25, 0.3) is 0 Å². The summed E-state index contributed by atoms with van der Waals surface area (Å²) in [4.78, 5) is 17.0. The first-order chi connectivity index (χ1) is 8.95. The van der Waals surface area contributed by atoms with E-state index in [-0.39, 0.29) is 0 Å². The van der Waals surface area contributed by atoms with Crippen LogP contribution < -0.4 is 5.32 Å². The number of thiazole rings is 1. The molecule has 0 atom stereocenters. The third-order valence-electron chi connectivity index (χ3n) is 3.69. The molecule has 0 saturated heterocycles. The summed E-state index contributed by atoms with van der Waals surface area (Å²) in [6.45, 7) is 9.29. The molecule has 1 rings (SSSR count). The lowest BCUT2D eigenvalue weighted by molar-refractivity contribution is -0.149. The Hall–Kier alpha value is -0.940. The molecule has 2 N–H and O–H groups in total. The van der Waals surface area contributed by atoms with Crippen molar-refractivity contribution in [2.75, 3.05) is 6.54 Å². The number of carboxylic acids is 1. The minimum absolute atomic E-state index is 0.492. The molecule has 0 fully saturated rings. The van der Waals surface area contributed by atoms with E-state index < -0.39 is 11.4 Å². The average Bonchev–Trinajstić information content (AvgIpc) is 2.83. The largest absolute Gasteiger partial charge is 0.481 e. The van der Waals surface area contributed by atoms with E-state index in [1.165, 1.54) is 4.88 Å². The SMILES string of the molecule is CCC(CC)(CNCc1ncc(C(C)C)s1)C(=O)O. The van der Waals surface area contributed by atoms with Crippen molar-refractivity contribution in [3.8, 4) is 0 Å². The van der Waals surface area contributed by atoms with E-state index in [9.17, 15) is 9.90 Å². The summed E-state index contributed by atoms with van der Waals surface area (Å²) in [5, 5.41) is 13.6. The standard InChI is InChI=1S/C14H24N2O2S/c1-5-14(6-2,13(17)18)9-15-8-12-16-7-11(19-12)10(3)4/h7,10,15H,5-6,8-9H2,1-4H3,(H,17,18). The number of carboxylic acid groups (broad SMARTS) is 1. The van der Waals surface area contributed by atoms with E-state index in [1.54, 1.807) is 11.3 Å². The molecule has 0 aromatic carbocycles. The number of nitrogens with zero attached hydrogens (tertiary/aromatic N) is 1. The molecule has 1 aromatic heterocycles. The molecule has 5 heteroatoms. The van der Waals surface area contributed by atoms with Crippen LogP contribution >= 0.6 is 11.3 Å². The van der Waals surface area contributed by atoms with Gasteiger partial charge < -0.3 is 10.4 Å². The zero-order chi connectivity index (χ0) is 14.5. The van der Waals surface area contributed by atoms with Gasteiger partial charge in [-0.15, -0.1) is 11.3 Å². The van der Waals surface area contributed by atoms with Gasteiger partial charge in [0.1, 0.15) is 5.01 Å². The van der Waals surface area contributed by atoms with E-state index >= 15 is 0 Å². The summed E-state index contributed by atoms with van der Waals surface area (Å²) in [7, 11) is 0. The molecule has 0 aliphatic heterocycles. The Morgan fingerprint density at radius 1 is 1.47 bits per heavy atom. The first kappa shape index (κ1) is 16.1. The van der Waals surface area contributed by atoms with Gasteiger partial charge in [0.2, 0.25) is 0 Å². The Morgan fingerprint density at radius 3 is 2.53 bits per heavy atom. The van der Waals surface area contributed by atoms with Crippen LogP contribution in [-0.4, -0.2) is 22.6 Å². The minimum atomic E-state index is -0.716. The van der Waals surface area contributed by atoms with Crippen LogP contribution in [0, 0.1) is 5.41 Å². The Kier molecular flexibility index (Phi) is 5.94. The molecular weight excluding hydrogens is 260 g/mol. The molecule has 0 spiro atoms. The highest BCUT2D eigenvalue weighted by Crippen LogP contribution is 2.26. The van der Waals surface area contributed by atoms with Crippen LogP contribution in [0.25, 0.3) is 0 Å². The molecule has 0 amide bonds. The smallest absolute Gasteiger partial charge is 0.310 e.